The van der Waals surface area contributed by atoms with Crippen LogP contribution in [-0.4, -0.2) is 32.4 Å². The van der Waals surface area contributed by atoms with E-state index in [1.807, 2.05) is 13.8 Å². The molecule has 0 fully saturated rings. The number of amides is 1. The molecule has 1 amide bonds. The van der Waals surface area contributed by atoms with Crippen molar-refractivity contribution in [3.05, 3.63) is 21.3 Å². The molecule has 0 spiro atoms. The highest BCUT2D eigenvalue weighted by atomic mass is 35.5. The first-order valence-corrected chi connectivity index (χ1v) is 6.27. The third-order valence-electron chi connectivity index (χ3n) is 2.60. The van der Waals surface area contributed by atoms with Gasteiger partial charge < -0.3 is 15.4 Å². The molecule has 20 heavy (non-hydrogen) atoms. The Balaban J connectivity index is 2.73. The van der Waals surface area contributed by atoms with Gasteiger partial charge in [-0.3, -0.25) is 9.59 Å². The molecule has 1 aromatic heterocycles. The highest BCUT2D eigenvalue weighted by molar-refractivity contribution is 6.32. The third-order valence-corrected chi connectivity index (χ3v) is 2.87. The smallest absolute Gasteiger partial charge is 0.358 e. The standard InChI is InChI=1S/C11H15ClN4O4/c1-6(2)10(7(3)17)13-9(18)5-15-4-8(12)11(14-15)16(19)20/h4,6,10H,5H2,1-3H3,(H,13,18). The van der Waals surface area contributed by atoms with Crippen LogP contribution >= 0.6 is 11.6 Å². The molecular weight excluding hydrogens is 288 g/mol. The van der Waals surface area contributed by atoms with Gasteiger partial charge in [0.1, 0.15) is 6.54 Å². The zero-order chi connectivity index (χ0) is 15.4. The number of hydrogen-bond donors (Lipinski definition) is 1. The quantitative estimate of drug-likeness (QED) is 0.627. The molecule has 1 atom stereocenters. The summed E-state index contributed by atoms with van der Waals surface area (Å²) in [5.74, 6) is -1.18. The Hall–Kier alpha value is -1.96. The van der Waals surface area contributed by atoms with E-state index < -0.39 is 22.7 Å². The lowest BCUT2D eigenvalue weighted by Crippen LogP contribution is -2.44. The van der Waals surface area contributed by atoms with Crippen LogP contribution < -0.4 is 5.32 Å². The number of nitro groups is 1. The summed E-state index contributed by atoms with van der Waals surface area (Å²) in [4.78, 5) is 33.0. The van der Waals surface area contributed by atoms with Gasteiger partial charge in [0, 0.05) is 0 Å². The molecule has 1 unspecified atom stereocenters. The summed E-state index contributed by atoms with van der Waals surface area (Å²) in [6, 6.07) is -0.594. The van der Waals surface area contributed by atoms with E-state index in [-0.39, 0.29) is 23.3 Å². The number of nitrogens with zero attached hydrogens (tertiary/aromatic N) is 3. The van der Waals surface area contributed by atoms with Crippen molar-refractivity contribution < 1.29 is 14.5 Å². The molecule has 0 radical (unpaired) electrons. The number of rotatable bonds is 6. The van der Waals surface area contributed by atoms with Gasteiger partial charge in [0.15, 0.2) is 10.8 Å². The normalized spacial score (nSPS) is 12.2. The Bertz CT molecular complexity index is 541. The molecule has 0 aliphatic heterocycles. The molecule has 1 rings (SSSR count). The average molecular weight is 303 g/mol. The van der Waals surface area contributed by atoms with E-state index >= 15 is 0 Å². The highest BCUT2D eigenvalue weighted by Gasteiger charge is 2.23. The molecule has 1 heterocycles. The van der Waals surface area contributed by atoms with E-state index in [1.165, 1.54) is 13.1 Å². The SMILES string of the molecule is CC(=O)C(NC(=O)Cn1cc(Cl)c([N+](=O)[O-])n1)C(C)C. The Morgan fingerprint density at radius 3 is 2.55 bits per heavy atom. The number of carbonyl (C=O) groups is 2. The van der Waals surface area contributed by atoms with Crippen molar-refractivity contribution in [2.45, 2.75) is 33.4 Å². The number of carbonyl (C=O) groups excluding carboxylic acids is 2. The summed E-state index contributed by atoms with van der Waals surface area (Å²) in [5, 5.41) is 16.6. The van der Waals surface area contributed by atoms with Crippen LogP contribution in [0.5, 0.6) is 0 Å². The second-order valence-corrected chi connectivity index (χ2v) is 5.06. The largest absolute Gasteiger partial charge is 0.408 e. The van der Waals surface area contributed by atoms with Gasteiger partial charge in [0.25, 0.3) is 0 Å². The van der Waals surface area contributed by atoms with Gasteiger partial charge in [-0.2, -0.15) is 4.68 Å². The van der Waals surface area contributed by atoms with Crippen molar-refractivity contribution in [3.63, 3.8) is 0 Å². The molecule has 1 aromatic rings. The number of Topliss-reactive ketones (excluding diaryl/α,β-unsaturated/α-hetero) is 1. The zero-order valence-corrected chi connectivity index (χ0v) is 12.0. The summed E-state index contributed by atoms with van der Waals surface area (Å²) >= 11 is 5.62. The molecule has 0 saturated heterocycles. The van der Waals surface area contributed by atoms with E-state index in [9.17, 15) is 19.7 Å². The van der Waals surface area contributed by atoms with Gasteiger partial charge >= 0.3 is 5.82 Å². The maximum atomic E-state index is 11.8. The number of halogens is 1. The lowest BCUT2D eigenvalue weighted by Gasteiger charge is -2.18. The second-order valence-electron chi connectivity index (χ2n) is 4.66. The highest BCUT2D eigenvalue weighted by Crippen LogP contribution is 2.21. The molecule has 0 saturated carbocycles. The maximum absolute atomic E-state index is 11.8. The summed E-state index contributed by atoms with van der Waals surface area (Å²) in [5.41, 5.74) is 0. The van der Waals surface area contributed by atoms with E-state index in [0.29, 0.717) is 0 Å². The molecule has 0 bridgehead atoms. The summed E-state index contributed by atoms with van der Waals surface area (Å²) in [6.45, 7) is 4.76. The Morgan fingerprint density at radius 1 is 1.55 bits per heavy atom. The first-order chi connectivity index (χ1) is 9.22. The van der Waals surface area contributed by atoms with Crippen molar-refractivity contribution in [2.24, 2.45) is 5.92 Å². The average Bonchev–Trinajstić information content (AvgIpc) is 2.66. The fourth-order valence-corrected chi connectivity index (χ4v) is 1.91. The van der Waals surface area contributed by atoms with Crippen molar-refractivity contribution >= 4 is 29.1 Å². The predicted octanol–water partition coefficient (Wildman–Crippen LogP) is 1.17. The number of hydrogen-bond acceptors (Lipinski definition) is 5. The fourth-order valence-electron chi connectivity index (χ4n) is 1.70. The minimum atomic E-state index is -0.733. The topological polar surface area (TPSA) is 107 Å². The lowest BCUT2D eigenvalue weighted by atomic mass is 10.0. The lowest BCUT2D eigenvalue weighted by molar-refractivity contribution is -0.389. The van der Waals surface area contributed by atoms with E-state index in [2.05, 4.69) is 10.4 Å². The minimum absolute atomic E-state index is 0.0491. The van der Waals surface area contributed by atoms with Crippen LogP contribution in [0.4, 0.5) is 5.82 Å². The van der Waals surface area contributed by atoms with Crippen LogP contribution in [-0.2, 0) is 16.1 Å². The Morgan fingerprint density at radius 2 is 2.15 bits per heavy atom. The van der Waals surface area contributed by atoms with E-state index in [0.717, 1.165) is 4.68 Å². The summed E-state index contributed by atoms with van der Waals surface area (Å²) < 4.78 is 1.06. The minimum Gasteiger partial charge on any atom is -0.358 e. The van der Waals surface area contributed by atoms with Crippen LogP contribution in [0.3, 0.4) is 0 Å². The van der Waals surface area contributed by atoms with Crippen molar-refractivity contribution in [1.82, 2.24) is 15.1 Å². The van der Waals surface area contributed by atoms with Gasteiger partial charge in [-0.25, -0.2) is 0 Å². The third kappa shape index (κ3) is 4.02. The Kier molecular flexibility index (Phi) is 5.20. The van der Waals surface area contributed by atoms with Crippen molar-refractivity contribution in [3.8, 4) is 0 Å². The Labute approximate surface area is 120 Å². The van der Waals surface area contributed by atoms with E-state index in [1.54, 1.807) is 0 Å². The van der Waals surface area contributed by atoms with Gasteiger partial charge in [0.2, 0.25) is 5.91 Å². The molecule has 1 N–H and O–H groups in total. The summed E-state index contributed by atoms with van der Waals surface area (Å²) in [7, 11) is 0. The van der Waals surface area contributed by atoms with Crippen LogP contribution in [0.25, 0.3) is 0 Å². The molecule has 9 heteroatoms. The van der Waals surface area contributed by atoms with Gasteiger partial charge in [0.05, 0.1) is 17.3 Å². The van der Waals surface area contributed by atoms with E-state index in [4.69, 9.17) is 11.6 Å². The van der Waals surface area contributed by atoms with Gasteiger partial charge in [-0.05, 0) is 17.8 Å². The first kappa shape index (κ1) is 16.1. The molecular formula is C11H15ClN4O4. The van der Waals surface area contributed by atoms with Crippen LogP contribution in [0, 0.1) is 16.0 Å². The molecule has 0 aromatic carbocycles. The number of aromatic nitrogens is 2. The monoisotopic (exact) mass is 302 g/mol. The predicted molar refractivity (Wildman–Crippen MR) is 71.3 cm³/mol. The second kappa shape index (κ2) is 6.47. The zero-order valence-electron chi connectivity index (χ0n) is 11.3. The van der Waals surface area contributed by atoms with Crippen molar-refractivity contribution in [1.29, 1.82) is 0 Å². The van der Waals surface area contributed by atoms with Crippen LogP contribution in [0.15, 0.2) is 6.20 Å². The number of ketones is 1. The number of nitrogens with one attached hydrogen (secondary N) is 1. The van der Waals surface area contributed by atoms with Crippen LogP contribution in [0.1, 0.15) is 20.8 Å². The van der Waals surface area contributed by atoms with Crippen LogP contribution in [0.2, 0.25) is 5.02 Å². The molecule has 0 aliphatic rings. The molecule has 110 valence electrons. The molecule has 8 nitrogen and oxygen atoms in total. The molecule has 0 aliphatic carbocycles. The maximum Gasteiger partial charge on any atom is 0.408 e. The first-order valence-electron chi connectivity index (χ1n) is 5.89. The van der Waals surface area contributed by atoms with Gasteiger partial charge in [-0.15, -0.1) is 0 Å². The summed E-state index contributed by atoms with van der Waals surface area (Å²) in [6.07, 6.45) is 1.19. The van der Waals surface area contributed by atoms with Gasteiger partial charge in [-0.1, -0.05) is 25.4 Å². The fraction of sp³-hybridized carbons (Fsp3) is 0.545. The van der Waals surface area contributed by atoms with Crippen molar-refractivity contribution in [2.75, 3.05) is 0 Å².